The lowest BCUT2D eigenvalue weighted by Gasteiger charge is -2.17. The molecule has 0 fully saturated rings. The SMILES string of the molecule is CCOP(=O)(Cc1ccc(C(=O)Nc2ccc(C)cc2)cc1)OCC. The van der Waals surface area contributed by atoms with Gasteiger partial charge in [0, 0.05) is 11.3 Å². The van der Waals surface area contributed by atoms with Crippen LogP contribution in [0.4, 0.5) is 5.69 Å². The van der Waals surface area contributed by atoms with Crippen LogP contribution in [0.25, 0.3) is 0 Å². The van der Waals surface area contributed by atoms with Crippen molar-refractivity contribution in [2.45, 2.75) is 26.9 Å². The summed E-state index contributed by atoms with van der Waals surface area (Å²) in [7, 11) is -3.14. The molecule has 5 nitrogen and oxygen atoms in total. The van der Waals surface area contributed by atoms with E-state index in [4.69, 9.17) is 9.05 Å². The van der Waals surface area contributed by atoms with Crippen LogP contribution in [0.15, 0.2) is 48.5 Å². The van der Waals surface area contributed by atoms with Crippen molar-refractivity contribution in [3.05, 3.63) is 65.2 Å². The summed E-state index contributed by atoms with van der Waals surface area (Å²) >= 11 is 0. The highest BCUT2D eigenvalue weighted by Gasteiger charge is 2.24. The summed E-state index contributed by atoms with van der Waals surface area (Å²) in [5.74, 6) is -0.187. The average molecular weight is 361 g/mol. The quantitative estimate of drug-likeness (QED) is 0.671. The number of hydrogen-bond acceptors (Lipinski definition) is 4. The molecule has 0 spiro atoms. The monoisotopic (exact) mass is 361 g/mol. The van der Waals surface area contributed by atoms with E-state index in [1.54, 1.807) is 38.1 Å². The zero-order chi connectivity index (χ0) is 18.3. The lowest BCUT2D eigenvalue weighted by molar-refractivity contribution is 0.102. The molecule has 0 saturated heterocycles. The number of hydrogen-bond donors (Lipinski definition) is 1. The smallest absolute Gasteiger partial charge is 0.322 e. The van der Waals surface area contributed by atoms with Crippen LogP contribution >= 0.6 is 7.60 Å². The van der Waals surface area contributed by atoms with Gasteiger partial charge in [-0.1, -0.05) is 29.8 Å². The Bertz CT molecular complexity index is 731. The summed E-state index contributed by atoms with van der Waals surface area (Å²) in [5, 5.41) is 2.85. The van der Waals surface area contributed by atoms with Gasteiger partial charge in [-0.05, 0) is 50.6 Å². The maximum Gasteiger partial charge on any atom is 0.335 e. The maximum absolute atomic E-state index is 12.5. The van der Waals surface area contributed by atoms with Crippen molar-refractivity contribution in [2.75, 3.05) is 18.5 Å². The second-order valence-electron chi connectivity index (χ2n) is 5.62. The van der Waals surface area contributed by atoms with Crippen LogP contribution in [0.3, 0.4) is 0 Å². The van der Waals surface area contributed by atoms with Gasteiger partial charge in [-0.2, -0.15) is 0 Å². The molecule has 0 aliphatic heterocycles. The molecule has 0 bridgehead atoms. The Morgan fingerprint density at radius 1 is 0.960 bits per heavy atom. The fourth-order valence-corrected chi connectivity index (χ4v) is 4.05. The number of carbonyl (C=O) groups is 1. The predicted octanol–water partition coefficient (Wildman–Crippen LogP) is 5.01. The topological polar surface area (TPSA) is 64.6 Å². The molecule has 0 saturated carbocycles. The van der Waals surface area contributed by atoms with E-state index in [2.05, 4.69) is 5.32 Å². The van der Waals surface area contributed by atoms with E-state index in [1.165, 1.54) is 0 Å². The van der Waals surface area contributed by atoms with Gasteiger partial charge >= 0.3 is 7.60 Å². The van der Waals surface area contributed by atoms with E-state index in [-0.39, 0.29) is 12.1 Å². The van der Waals surface area contributed by atoms with Gasteiger partial charge < -0.3 is 14.4 Å². The van der Waals surface area contributed by atoms with Gasteiger partial charge in [0.2, 0.25) is 0 Å². The number of nitrogens with one attached hydrogen (secondary N) is 1. The molecular weight excluding hydrogens is 337 g/mol. The highest BCUT2D eigenvalue weighted by Crippen LogP contribution is 2.51. The average Bonchev–Trinajstić information content (AvgIpc) is 2.58. The first kappa shape index (κ1) is 19.4. The molecule has 6 heteroatoms. The summed E-state index contributed by atoms with van der Waals surface area (Å²) < 4.78 is 23.1. The Kier molecular flexibility index (Phi) is 6.94. The Morgan fingerprint density at radius 2 is 1.52 bits per heavy atom. The zero-order valence-corrected chi connectivity index (χ0v) is 15.7. The van der Waals surface area contributed by atoms with Gasteiger partial charge in [-0.3, -0.25) is 9.36 Å². The van der Waals surface area contributed by atoms with Crippen LogP contribution in [-0.4, -0.2) is 19.1 Å². The van der Waals surface area contributed by atoms with E-state index >= 15 is 0 Å². The third-order valence-corrected chi connectivity index (χ3v) is 5.61. The van der Waals surface area contributed by atoms with Crippen molar-refractivity contribution in [3.63, 3.8) is 0 Å². The second-order valence-corrected chi connectivity index (χ2v) is 7.68. The summed E-state index contributed by atoms with van der Waals surface area (Å²) in [5.41, 5.74) is 3.22. The number of rotatable bonds is 8. The van der Waals surface area contributed by atoms with Crippen LogP contribution < -0.4 is 5.32 Å². The molecule has 0 aliphatic carbocycles. The van der Waals surface area contributed by atoms with Gasteiger partial charge in [0.15, 0.2) is 0 Å². The standard InChI is InChI=1S/C19H24NO4P/c1-4-23-25(22,24-5-2)14-16-8-10-17(11-9-16)19(21)20-18-12-6-15(3)7-13-18/h6-13H,4-5,14H2,1-3H3,(H,20,21). The fourth-order valence-electron chi connectivity index (χ4n) is 2.35. The van der Waals surface area contributed by atoms with Gasteiger partial charge in [0.05, 0.1) is 19.4 Å². The number of anilines is 1. The molecular formula is C19H24NO4P. The van der Waals surface area contributed by atoms with Gasteiger partial charge in [-0.15, -0.1) is 0 Å². The third kappa shape index (κ3) is 5.82. The predicted molar refractivity (Wildman–Crippen MR) is 100 cm³/mol. The van der Waals surface area contributed by atoms with E-state index < -0.39 is 7.60 Å². The first-order chi connectivity index (χ1) is 12.0. The van der Waals surface area contributed by atoms with E-state index in [1.807, 2.05) is 31.2 Å². The minimum atomic E-state index is -3.14. The molecule has 0 heterocycles. The van der Waals surface area contributed by atoms with Crippen molar-refractivity contribution >= 4 is 19.2 Å². The highest BCUT2D eigenvalue weighted by atomic mass is 31.2. The van der Waals surface area contributed by atoms with Crippen molar-refractivity contribution < 1.29 is 18.4 Å². The lowest BCUT2D eigenvalue weighted by Crippen LogP contribution is -2.11. The molecule has 0 radical (unpaired) electrons. The molecule has 25 heavy (non-hydrogen) atoms. The van der Waals surface area contributed by atoms with E-state index in [0.717, 1.165) is 16.8 Å². The van der Waals surface area contributed by atoms with Gasteiger partial charge in [-0.25, -0.2) is 0 Å². The molecule has 2 aromatic rings. The molecule has 134 valence electrons. The van der Waals surface area contributed by atoms with Gasteiger partial charge in [0.25, 0.3) is 5.91 Å². The maximum atomic E-state index is 12.5. The normalized spacial score (nSPS) is 11.3. The van der Waals surface area contributed by atoms with Crippen molar-refractivity contribution in [1.82, 2.24) is 0 Å². The molecule has 2 aromatic carbocycles. The molecule has 1 N–H and O–H groups in total. The molecule has 2 rings (SSSR count). The van der Waals surface area contributed by atoms with E-state index in [9.17, 15) is 9.36 Å². The molecule has 0 aliphatic rings. The molecule has 0 aromatic heterocycles. The fraction of sp³-hybridized carbons (Fsp3) is 0.316. The second kappa shape index (κ2) is 8.95. The minimum Gasteiger partial charge on any atom is -0.322 e. The molecule has 0 unspecified atom stereocenters. The summed E-state index contributed by atoms with van der Waals surface area (Å²) in [6, 6.07) is 14.6. The summed E-state index contributed by atoms with van der Waals surface area (Å²) in [6.45, 7) is 6.21. The van der Waals surface area contributed by atoms with Crippen molar-refractivity contribution in [2.24, 2.45) is 0 Å². The number of carbonyl (C=O) groups excluding carboxylic acids is 1. The van der Waals surface area contributed by atoms with Crippen molar-refractivity contribution in [1.29, 1.82) is 0 Å². The number of aryl methyl sites for hydroxylation is 1. The molecule has 0 atom stereocenters. The van der Waals surface area contributed by atoms with Crippen LogP contribution in [0.5, 0.6) is 0 Å². The van der Waals surface area contributed by atoms with Crippen LogP contribution in [-0.2, 0) is 19.8 Å². The Morgan fingerprint density at radius 3 is 2.04 bits per heavy atom. The lowest BCUT2D eigenvalue weighted by atomic mass is 10.1. The largest absolute Gasteiger partial charge is 0.335 e. The van der Waals surface area contributed by atoms with Crippen LogP contribution in [0.2, 0.25) is 0 Å². The first-order valence-corrected chi connectivity index (χ1v) is 10.0. The summed E-state index contributed by atoms with van der Waals surface area (Å²) in [4.78, 5) is 12.3. The molecule has 1 amide bonds. The zero-order valence-electron chi connectivity index (χ0n) is 14.8. The Labute approximate surface area is 148 Å². The van der Waals surface area contributed by atoms with Crippen LogP contribution in [0.1, 0.15) is 35.3 Å². The Hall–Kier alpha value is -1.94. The highest BCUT2D eigenvalue weighted by molar-refractivity contribution is 7.53. The van der Waals surface area contributed by atoms with E-state index in [0.29, 0.717) is 18.8 Å². The first-order valence-electron chi connectivity index (χ1n) is 8.31. The number of amides is 1. The third-order valence-electron chi connectivity index (χ3n) is 3.55. The minimum absolute atomic E-state index is 0.187. The van der Waals surface area contributed by atoms with Crippen LogP contribution in [0, 0.1) is 6.92 Å². The number of benzene rings is 2. The van der Waals surface area contributed by atoms with Crippen molar-refractivity contribution in [3.8, 4) is 0 Å². The Balaban J connectivity index is 2.04. The summed E-state index contributed by atoms with van der Waals surface area (Å²) in [6.07, 6.45) is 0.189. The van der Waals surface area contributed by atoms with Gasteiger partial charge in [0.1, 0.15) is 0 Å².